The minimum Gasteiger partial charge on any atom is -0.408 e. The lowest BCUT2D eigenvalue weighted by Gasteiger charge is -2.13. The Labute approximate surface area is 155 Å². The summed E-state index contributed by atoms with van der Waals surface area (Å²) in [6.07, 6.45) is 2.58. The second kappa shape index (κ2) is 7.11. The molecule has 0 aliphatic heterocycles. The van der Waals surface area contributed by atoms with Gasteiger partial charge in [0.2, 0.25) is 5.91 Å². The van der Waals surface area contributed by atoms with Gasteiger partial charge in [0, 0.05) is 13.1 Å². The number of aryl methyl sites for hydroxylation is 1. The number of nitrogens with one attached hydrogen (secondary N) is 1. The molecular weight excluding hydrogens is 344 g/mol. The Kier molecular flexibility index (Phi) is 4.50. The summed E-state index contributed by atoms with van der Waals surface area (Å²) < 4.78 is 8.65. The van der Waals surface area contributed by atoms with Crippen molar-refractivity contribution in [3.63, 3.8) is 0 Å². The van der Waals surface area contributed by atoms with Gasteiger partial charge in [-0.2, -0.15) is 0 Å². The van der Waals surface area contributed by atoms with Crippen molar-refractivity contribution in [1.29, 1.82) is 0 Å². The molecule has 0 saturated carbocycles. The van der Waals surface area contributed by atoms with Crippen molar-refractivity contribution in [1.82, 2.24) is 19.4 Å². The van der Waals surface area contributed by atoms with E-state index in [1.807, 2.05) is 36.7 Å². The van der Waals surface area contributed by atoms with E-state index >= 15 is 0 Å². The highest BCUT2D eigenvalue weighted by atomic mass is 16.4. The van der Waals surface area contributed by atoms with E-state index in [0.717, 1.165) is 24.0 Å². The van der Waals surface area contributed by atoms with Crippen LogP contribution in [0.5, 0.6) is 0 Å². The van der Waals surface area contributed by atoms with Gasteiger partial charge in [-0.05, 0) is 37.6 Å². The molecule has 0 spiro atoms. The molecule has 0 aliphatic rings. The van der Waals surface area contributed by atoms with Gasteiger partial charge >= 0.3 is 5.76 Å². The van der Waals surface area contributed by atoms with Gasteiger partial charge in [0.05, 0.1) is 22.9 Å². The molecule has 2 aromatic heterocycles. The lowest BCUT2D eigenvalue weighted by molar-refractivity contribution is -0.123. The first-order chi connectivity index (χ1) is 13.1. The van der Waals surface area contributed by atoms with E-state index in [9.17, 15) is 9.59 Å². The number of hydrogen-bond acceptors (Lipinski definition) is 4. The lowest BCUT2D eigenvalue weighted by Crippen LogP contribution is -2.35. The zero-order chi connectivity index (χ0) is 18.8. The standard InChI is InChI=1S/C20H20N4O3/c1-14(24-17-9-4-5-10-18(17)27-20(24)26)19(25)21-11-6-12-23-13-22-15-7-2-3-8-16(15)23/h2-5,7-10,13-14H,6,11-12H2,1H3,(H,21,25). The maximum Gasteiger partial charge on any atom is 0.420 e. The predicted molar refractivity (Wildman–Crippen MR) is 103 cm³/mol. The first-order valence-electron chi connectivity index (χ1n) is 8.93. The Bertz CT molecular complexity index is 1150. The highest BCUT2D eigenvalue weighted by Gasteiger charge is 2.20. The molecular formula is C20H20N4O3. The molecule has 27 heavy (non-hydrogen) atoms. The van der Waals surface area contributed by atoms with E-state index in [2.05, 4.69) is 14.9 Å². The van der Waals surface area contributed by atoms with Crippen LogP contribution in [0.4, 0.5) is 0 Å². The van der Waals surface area contributed by atoms with Gasteiger partial charge in [0.1, 0.15) is 6.04 Å². The van der Waals surface area contributed by atoms with E-state index in [-0.39, 0.29) is 5.91 Å². The number of para-hydroxylation sites is 4. The zero-order valence-electron chi connectivity index (χ0n) is 15.0. The fourth-order valence-electron chi connectivity index (χ4n) is 3.27. The van der Waals surface area contributed by atoms with E-state index in [4.69, 9.17) is 4.42 Å². The number of benzene rings is 2. The lowest BCUT2D eigenvalue weighted by atomic mass is 10.2. The van der Waals surface area contributed by atoms with Crippen molar-refractivity contribution in [2.75, 3.05) is 6.54 Å². The molecule has 2 heterocycles. The van der Waals surface area contributed by atoms with Crippen LogP contribution in [-0.2, 0) is 11.3 Å². The molecule has 138 valence electrons. The number of hydrogen-bond donors (Lipinski definition) is 1. The average molecular weight is 364 g/mol. The molecule has 0 aliphatic carbocycles. The fourth-order valence-corrected chi connectivity index (χ4v) is 3.27. The number of carbonyl (C=O) groups is 1. The number of nitrogens with zero attached hydrogens (tertiary/aromatic N) is 3. The number of rotatable bonds is 6. The first-order valence-corrected chi connectivity index (χ1v) is 8.93. The van der Waals surface area contributed by atoms with Crippen molar-refractivity contribution in [2.24, 2.45) is 0 Å². The van der Waals surface area contributed by atoms with Crippen LogP contribution in [0.15, 0.2) is 64.1 Å². The Balaban J connectivity index is 1.38. The number of carbonyl (C=O) groups excluding carboxylic acids is 1. The van der Waals surface area contributed by atoms with Crippen molar-refractivity contribution in [2.45, 2.75) is 25.9 Å². The zero-order valence-corrected chi connectivity index (χ0v) is 15.0. The highest BCUT2D eigenvalue weighted by Crippen LogP contribution is 2.16. The molecule has 0 saturated heterocycles. The molecule has 7 heteroatoms. The molecule has 1 unspecified atom stereocenters. The summed E-state index contributed by atoms with van der Waals surface area (Å²) in [5, 5.41) is 2.90. The van der Waals surface area contributed by atoms with E-state index < -0.39 is 11.8 Å². The quantitative estimate of drug-likeness (QED) is 0.533. The fraction of sp³-hybridized carbons (Fsp3) is 0.250. The number of amides is 1. The van der Waals surface area contributed by atoms with E-state index in [0.29, 0.717) is 17.6 Å². The minimum absolute atomic E-state index is 0.209. The largest absolute Gasteiger partial charge is 0.420 e. The normalized spacial score (nSPS) is 12.5. The van der Waals surface area contributed by atoms with Crippen molar-refractivity contribution >= 4 is 28.0 Å². The molecule has 2 aromatic carbocycles. The van der Waals surface area contributed by atoms with Crippen LogP contribution in [0.1, 0.15) is 19.4 Å². The summed E-state index contributed by atoms with van der Waals surface area (Å²) in [7, 11) is 0. The number of aromatic nitrogens is 3. The van der Waals surface area contributed by atoms with Crippen LogP contribution < -0.4 is 11.1 Å². The molecule has 0 radical (unpaired) electrons. The monoisotopic (exact) mass is 364 g/mol. The SMILES string of the molecule is CC(C(=O)NCCCn1cnc2ccccc21)n1c(=O)oc2ccccc21. The van der Waals surface area contributed by atoms with Gasteiger partial charge in [-0.1, -0.05) is 24.3 Å². The second-order valence-corrected chi connectivity index (χ2v) is 6.45. The third-order valence-electron chi connectivity index (χ3n) is 4.69. The molecule has 1 N–H and O–H groups in total. The van der Waals surface area contributed by atoms with Crippen molar-refractivity contribution in [3.8, 4) is 0 Å². The minimum atomic E-state index is -0.643. The van der Waals surface area contributed by atoms with Gasteiger partial charge in [-0.25, -0.2) is 9.78 Å². The van der Waals surface area contributed by atoms with Gasteiger partial charge in [-0.15, -0.1) is 0 Å². The Morgan fingerprint density at radius 1 is 1.15 bits per heavy atom. The summed E-state index contributed by atoms with van der Waals surface area (Å²) in [4.78, 5) is 28.9. The summed E-state index contributed by atoms with van der Waals surface area (Å²) >= 11 is 0. The summed E-state index contributed by atoms with van der Waals surface area (Å²) in [6.45, 7) is 2.96. The van der Waals surface area contributed by atoms with Crippen molar-refractivity contribution < 1.29 is 9.21 Å². The smallest absolute Gasteiger partial charge is 0.408 e. The summed E-state index contributed by atoms with van der Waals surface area (Å²) in [5.41, 5.74) is 3.14. The highest BCUT2D eigenvalue weighted by molar-refractivity contribution is 5.82. The molecule has 0 bridgehead atoms. The molecule has 1 atom stereocenters. The van der Waals surface area contributed by atoms with E-state index in [1.165, 1.54) is 4.57 Å². The Morgan fingerprint density at radius 3 is 2.74 bits per heavy atom. The molecule has 1 amide bonds. The van der Waals surface area contributed by atoms with Crippen LogP contribution in [0.3, 0.4) is 0 Å². The van der Waals surface area contributed by atoms with Gasteiger partial charge in [0.15, 0.2) is 5.58 Å². The number of imidazole rings is 1. The molecule has 4 rings (SSSR count). The van der Waals surface area contributed by atoms with Crippen LogP contribution in [0, 0.1) is 0 Å². The summed E-state index contributed by atoms with van der Waals surface area (Å²) in [5.74, 6) is -0.733. The molecule has 4 aromatic rings. The topological polar surface area (TPSA) is 82.1 Å². The second-order valence-electron chi connectivity index (χ2n) is 6.45. The van der Waals surface area contributed by atoms with Crippen LogP contribution >= 0.6 is 0 Å². The summed E-state index contributed by atoms with van der Waals surface area (Å²) in [6, 6.07) is 14.4. The number of fused-ring (bicyclic) bond motifs is 2. The van der Waals surface area contributed by atoms with Gasteiger partial charge < -0.3 is 14.3 Å². The van der Waals surface area contributed by atoms with Gasteiger partial charge in [-0.3, -0.25) is 9.36 Å². The molecule has 7 nitrogen and oxygen atoms in total. The maximum absolute atomic E-state index is 12.5. The molecule has 0 fully saturated rings. The maximum atomic E-state index is 12.5. The predicted octanol–water partition coefficient (Wildman–Crippen LogP) is 2.71. The third kappa shape index (κ3) is 3.23. The van der Waals surface area contributed by atoms with Crippen molar-refractivity contribution in [3.05, 3.63) is 65.4 Å². The van der Waals surface area contributed by atoms with Crippen LogP contribution in [0.2, 0.25) is 0 Å². The third-order valence-corrected chi connectivity index (χ3v) is 4.69. The Hall–Kier alpha value is -3.35. The Morgan fingerprint density at radius 2 is 1.89 bits per heavy atom. The van der Waals surface area contributed by atoms with Crippen LogP contribution in [0.25, 0.3) is 22.1 Å². The average Bonchev–Trinajstić information content (AvgIpc) is 3.24. The number of oxazole rings is 1. The first kappa shape index (κ1) is 17.1. The van der Waals surface area contributed by atoms with Crippen LogP contribution in [-0.4, -0.2) is 26.6 Å². The van der Waals surface area contributed by atoms with E-state index in [1.54, 1.807) is 25.1 Å². The van der Waals surface area contributed by atoms with Gasteiger partial charge in [0.25, 0.3) is 0 Å².